The molecule has 122 valence electrons. The minimum Gasteiger partial charge on any atom is -0.484 e. The van der Waals surface area contributed by atoms with E-state index < -0.39 is 11.8 Å². The van der Waals surface area contributed by atoms with Gasteiger partial charge in [-0.1, -0.05) is 29.3 Å². The molecule has 2 N–H and O–H groups in total. The average Bonchev–Trinajstić information content (AvgIpc) is 2.77. The first-order chi connectivity index (χ1) is 10.9. The van der Waals surface area contributed by atoms with Crippen LogP contribution >= 0.6 is 11.6 Å². The summed E-state index contributed by atoms with van der Waals surface area (Å²) < 4.78 is 6.69. The number of carbonyl (C=O) groups is 2. The molecule has 2 amide bonds. The summed E-state index contributed by atoms with van der Waals surface area (Å²) in [5, 5.41) is 4.23. The fourth-order valence-electron chi connectivity index (χ4n) is 1.90. The fourth-order valence-corrected chi connectivity index (χ4v) is 2.16. The van der Waals surface area contributed by atoms with Crippen molar-refractivity contribution in [1.29, 1.82) is 0 Å². The van der Waals surface area contributed by atoms with Crippen molar-refractivity contribution >= 4 is 23.4 Å². The number of hydrazine groups is 1. The predicted molar refractivity (Wildman–Crippen MR) is 85.2 cm³/mol. The molecule has 0 saturated carbocycles. The standard InChI is InChI=1S/C15H17ClN4O3/c1-9-4-6-11(7-5-9)23-8-12(21)17-18-15(22)13-10(2)19-20(3)14(13)16/h4-7H,8H2,1-3H3,(H,17,21)(H,18,22). The van der Waals surface area contributed by atoms with Crippen LogP contribution in [0.2, 0.25) is 5.15 Å². The van der Waals surface area contributed by atoms with Crippen LogP contribution in [-0.4, -0.2) is 28.2 Å². The molecule has 1 heterocycles. The van der Waals surface area contributed by atoms with Gasteiger partial charge < -0.3 is 4.74 Å². The molecule has 0 aliphatic heterocycles. The Labute approximate surface area is 138 Å². The molecule has 23 heavy (non-hydrogen) atoms. The van der Waals surface area contributed by atoms with Gasteiger partial charge in [0.25, 0.3) is 11.8 Å². The molecule has 7 nitrogen and oxygen atoms in total. The number of carbonyl (C=O) groups excluding carboxylic acids is 2. The summed E-state index contributed by atoms with van der Waals surface area (Å²) in [6.07, 6.45) is 0. The van der Waals surface area contributed by atoms with Gasteiger partial charge in [-0.15, -0.1) is 0 Å². The molecular formula is C15H17ClN4O3. The number of hydrogen-bond donors (Lipinski definition) is 2. The Morgan fingerprint density at radius 3 is 2.43 bits per heavy atom. The summed E-state index contributed by atoms with van der Waals surface area (Å²) >= 11 is 5.98. The van der Waals surface area contributed by atoms with E-state index in [4.69, 9.17) is 16.3 Å². The highest BCUT2D eigenvalue weighted by Gasteiger charge is 2.19. The molecule has 0 aliphatic rings. The summed E-state index contributed by atoms with van der Waals surface area (Å²) in [6.45, 7) is 3.39. The van der Waals surface area contributed by atoms with Crippen LogP contribution in [0.15, 0.2) is 24.3 Å². The Bertz CT molecular complexity index is 725. The van der Waals surface area contributed by atoms with Gasteiger partial charge in [0, 0.05) is 7.05 Å². The molecule has 1 aromatic heterocycles. The van der Waals surface area contributed by atoms with Crippen LogP contribution in [0.4, 0.5) is 0 Å². The summed E-state index contributed by atoms with van der Waals surface area (Å²) in [5.74, 6) is -0.455. The highest BCUT2D eigenvalue weighted by Crippen LogP contribution is 2.17. The summed E-state index contributed by atoms with van der Waals surface area (Å²) in [6, 6.07) is 7.28. The van der Waals surface area contributed by atoms with Crippen LogP contribution in [0, 0.1) is 13.8 Å². The van der Waals surface area contributed by atoms with E-state index in [9.17, 15) is 9.59 Å². The van der Waals surface area contributed by atoms with Crippen LogP contribution in [0.25, 0.3) is 0 Å². The summed E-state index contributed by atoms with van der Waals surface area (Å²) in [5.41, 5.74) is 6.33. The van der Waals surface area contributed by atoms with Crippen LogP contribution in [0.1, 0.15) is 21.6 Å². The highest BCUT2D eigenvalue weighted by molar-refractivity contribution is 6.33. The van der Waals surface area contributed by atoms with E-state index in [1.807, 2.05) is 19.1 Å². The first kappa shape index (κ1) is 16.8. The Kier molecular flexibility index (Phi) is 5.23. The lowest BCUT2D eigenvalue weighted by Crippen LogP contribution is -2.44. The van der Waals surface area contributed by atoms with E-state index in [0.29, 0.717) is 11.4 Å². The quantitative estimate of drug-likeness (QED) is 0.829. The minimum atomic E-state index is -0.538. The van der Waals surface area contributed by atoms with Crippen molar-refractivity contribution < 1.29 is 14.3 Å². The van der Waals surface area contributed by atoms with Gasteiger partial charge in [0.2, 0.25) is 0 Å². The van der Waals surface area contributed by atoms with Crippen LogP contribution < -0.4 is 15.6 Å². The van der Waals surface area contributed by atoms with Gasteiger partial charge >= 0.3 is 0 Å². The molecular weight excluding hydrogens is 320 g/mol. The Morgan fingerprint density at radius 2 is 1.87 bits per heavy atom. The lowest BCUT2D eigenvalue weighted by molar-refractivity contribution is -0.123. The number of rotatable bonds is 4. The van der Waals surface area contributed by atoms with Crippen LogP contribution in [0.3, 0.4) is 0 Å². The number of ether oxygens (including phenoxy) is 1. The monoisotopic (exact) mass is 336 g/mol. The van der Waals surface area contributed by atoms with Crippen LogP contribution in [0.5, 0.6) is 5.75 Å². The van der Waals surface area contributed by atoms with Crippen molar-refractivity contribution in [1.82, 2.24) is 20.6 Å². The molecule has 0 radical (unpaired) electrons. The maximum absolute atomic E-state index is 12.0. The molecule has 0 spiro atoms. The maximum atomic E-state index is 12.0. The number of aryl methyl sites for hydroxylation is 3. The number of nitrogens with zero attached hydrogens (tertiary/aromatic N) is 2. The topological polar surface area (TPSA) is 85.2 Å². The van der Waals surface area contributed by atoms with Crippen molar-refractivity contribution in [2.24, 2.45) is 7.05 Å². The van der Waals surface area contributed by atoms with Gasteiger partial charge in [0.05, 0.1) is 5.69 Å². The average molecular weight is 337 g/mol. The predicted octanol–water partition coefficient (Wildman–Crippen LogP) is 1.53. The molecule has 0 saturated heterocycles. The van der Waals surface area contributed by atoms with E-state index in [2.05, 4.69) is 16.0 Å². The second-order valence-corrected chi connectivity index (χ2v) is 5.34. The normalized spacial score (nSPS) is 10.3. The zero-order chi connectivity index (χ0) is 17.0. The number of aromatic nitrogens is 2. The zero-order valence-electron chi connectivity index (χ0n) is 13.0. The van der Waals surface area contributed by atoms with Crippen LogP contribution in [-0.2, 0) is 11.8 Å². The minimum absolute atomic E-state index is 0.199. The fraction of sp³-hybridized carbons (Fsp3) is 0.267. The van der Waals surface area contributed by atoms with E-state index in [0.717, 1.165) is 5.56 Å². The molecule has 0 bridgehead atoms. The van der Waals surface area contributed by atoms with E-state index in [1.54, 1.807) is 26.1 Å². The second-order valence-electron chi connectivity index (χ2n) is 4.98. The first-order valence-corrected chi connectivity index (χ1v) is 7.24. The molecule has 0 unspecified atom stereocenters. The highest BCUT2D eigenvalue weighted by atomic mass is 35.5. The van der Waals surface area contributed by atoms with Gasteiger partial charge in [-0.05, 0) is 26.0 Å². The lowest BCUT2D eigenvalue weighted by atomic mass is 10.2. The molecule has 0 aliphatic carbocycles. The number of nitrogens with one attached hydrogen (secondary N) is 2. The Morgan fingerprint density at radius 1 is 1.22 bits per heavy atom. The van der Waals surface area contributed by atoms with E-state index in [1.165, 1.54) is 4.68 Å². The third kappa shape index (κ3) is 4.23. The molecule has 0 fully saturated rings. The van der Waals surface area contributed by atoms with Crippen molar-refractivity contribution in [2.45, 2.75) is 13.8 Å². The van der Waals surface area contributed by atoms with Gasteiger partial charge in [-0.25, -0.2) is 0 Å². The number of benzene rings is 1. The third-order valence-corrected chi connectivity index (χ3v) is 3.52. The maximum Gasteiger partial charge on any atom is 0.276 e. The van der Waals surface area contributed by atoms with Crippen molar-refractivity contribution in [3.63, 3.8) is 0 Å². The van der Waals surface area contributed by atoms with Gasteiger partial charge in [-0.2, -0.15) is 5.10 Å². The number of halogens is 1. The Hall–Kier alpha value is -2.54. The first-order valence-electron chi connectivity index (χ1n) is 6.86. The molecule has 0 atom stereocenters. The number of amides is 2. The Balaban J connectivity index is 1.84. The molecule has 2 aromatic rings. The summed E-state index contributed by atoms with van der Waals surface area (Å²) in [7, 11) is 1.63. The van der Waals surface area contributed by atoms with Crippen molar-refractivity contribution in [2.75, 3.05) is 6.61 Å². The van der Waals surface area contributed by atoms with E-state index in [-0.39, 0.29) is 17.3 Å². The largest absolute Gasteiger partial charge is 0.484 e. The van der Waals surface area contributed by atoms with Gasteiger partial charge in [0.1, 0.15) is 16.5 Å². The lowest BCUT2D eigenvalue weighted by Gasteiger charge is -2.09. The third-order valence-electron chi connectivity index (χ3n) is 3.09. The molecule has 2 rings (SSSR count). The van der Waals surface area contributed by atoms with Gasteiger partial charge in [0.15, 0.2) is 6.61 Å². The zero-order valence-corrected chi connectivity index (χ0v) is 13.8. The smallest absolute Gasteiger partial charge is 0.276 e. The number of hydrogen-bond acceptors (Lipinski definition) is 4. The van der Waals surface area contributed by atoms with Crippen molar-refractivity contribution in [3.8, 4) is 5.75 Å². The van der Waals surface area contributed by atoms with Gasteiger partial charge in [-0.3, -0.25) is 25.1 Å². The van der Waals surface area contributed by atoms with Crippen molar-refractivity contribution in [3.05, 3.63) is 46.2 Å². The SMILES string of the molecule is Cc1ccc(OCC(=O)NNC(=O)c2c(C)nn(C)c2Cl)cc1. The molecule has 8 heteroatoms. The van der Waals surface area contributed by atoms with E-state index >= 15 is 0 Å². The summed E-state index contributed by atoms with van der Waals surface area (Å²) in [4.78, 5) is 23.7. The second kappa shape index (κ2) is 7.15. The molecule has 1 aromatic carbocycles.